The molecule has 2 N–H and O–H groups in total. The van der Waals surface area contributed by atoms with E-state index in [4.69, 9.17) is 4.42 Å². The zero-order chi connectivity index (χ0) is 18.1. The van der Waals surface area contributed by atoms with Crippen molar-refractivity contribution < 1.29 is 9.21 Å². The van der Waals surface area contributed by atoms with Crippen molar-refractivity contribution in [3.8, 4) is 0 Å². The van der Waals surface area contributed by atoms with Crippen LogP contribution in [0.4, 0.5) is 0 Å². The molecule has 0 spiro atoms. The number of carbonyl (C=O) groups is 1. The predicted octanol–water partition coefficient (Wildman–Crippen LogP) is 3.27. The number of rotatable bonds is 5. The first kappa shape index (κ1) is 17.0. The highest BCUT2D eigenvalue weighted by molar-refractivity contribution is 7.18. The summed E-state index contributed by atoms with van der Waals surface area (Å²) < 4.78 is 5.29. The van der Waals surface area contributed by atoms with Gasteiger partial charge in [-0.3, -0.25) is 9.59 Å². The quantitative estimate of drug-likeness (QED) is 0.720. The third-order valence-corrected chi connectivity index (χ3v) is 6.00. The smallest absolute Gasteiger partial charge is 0.259 e. The molecule has 6 nitrogen and oxygen atoms in total. The fraction of sp³-hybridized carbons (Fsp3) is 0.421. The van der Waals surface area contributed by atoms with E-state index in [1.807, 2.05) is 13.0 Å². The maximum atomic E-state index is 12.5. The van der Waals surface area contributed by atoms with Crippen LogP contribution in [0.1, 0.15) is 54.3 Å². The topological polar surface area (TPSA) is 88.0 Å². The molecule has 3 aromatic heterocycles. The van der Waals surface area contributed by atoms with Gasteiger partial charge in [-0.15, -0.1) is 11.3 Å². The lowest BCUT2D eigenvalue weighted by Crippen LogP contribution is -2.27. The van der Waals surface area contributed by atoms with E-state index in [1.54, 1.807) is 23.7 Å². The zero-order valence-electron chi connectivity index (χ0n) is 14.6. The Morgan fingerprint density at radius 2 is 2.27 bits per heavy atom. The lowest BCUT2D eigenvalue weighted by atomic mass is 9.97. The van der Waals surface area contributed by atoms with Gasteiger partial charge in [-0.1, -0.05) is 0 Å². The number of nitrogens with zero attached hydrogens (tertiary/aromatic N) is 1. The maximum Gasteiger partial charge on any atom is 0.259 e. The van der Waals surface area contributed by atoms with Gasteiger partial charge in [0.25, 0.3) is 5.56 Å². The molecule has 0 saturated heterocycles. The second-order valence-electron chi connectivity index (χ2n) is 6.71. The number of fused-ring (bicyclic) bond motifs is 3. The van der Waals surface area contributed by atoms with Crippen LogP contribution in [0.15, 0.2) is 27.6 Å². The standard InChI is InChI=1S/C19H21N3O3S/c1-11(13-6-4-10-25-13)20-16(23)9-8-15-21-18(24)17-12-5-2-3-7-14(12)26-19(17)22-15/h4,6,10-11H,2-3,5,7-9H2,1H3,(H,20,23)(H,21,22,24)/t11-/m1/s1. The number of amides is 1. The zero-order valence-corrected chi connectivity index (χ0v) is 15.4. The first-order valence-electron chi connectivity index (χ1n) is 8.98. The molecule has 26 heavy (non-hydrogen) atoms. The molecule has 1 aliphatic carbocycles. The van der Waals surface area contributed by atoms with Gasteiger partial charge in [0.05, 0.1) is 17.7 Å². The molecule has 3 aromatic rings. The highest BCUT2D eigenvalue weighted by Crippen LogP contribution is 2.33. The Bertz CT molecular complexity index is 988. The van der Waals surface area contributed by atoms with Crippen LogP contribution in [0.2, 0.25) is 0 Å². The van der Waals surface area contributed by atoms with E-state index in [2.05, 4.69) is 15.3 Å². The Balaban J connectivity index is 1.46. The first-order chi connectivity index (χ1) is 12.6. The van der Waals surface area contributed by atoms with E-state index in [9.17, 15) is 9.59 Å². The van der Waals surface area contributed by atoms with E-state index < -0.39 is 0 Å². The van der Waals surface area contributed by atoms with E-state index in [0.717, 1.165) is 35.2 Å². The number of furan rings is 1. The molecule has 3 heterocycles. The lowest BCUT2D eigenvalue weighted by molar-refractivity contribution is -0.121. The molecule has 0 bridgehead atoms. The Labute approximate surface area is 154 Å². The number of hydrogen-bond acceptors (Lipinski definition) is 5. The van der Waals surface area contributed by atoms with Crippen LogP contribution in [-0.4, -0.2) is 15.9 Å². The summed E-state index contributed by atoms with van der Waals surface area (Å²) in [6, 6.07) is 3.44. The Morgan fingerprint density at radius 1 is 1.42 bits per heavy atom. The minimum absolute atomic E-state index is 0.0752. The molecule has 1 amide bonds. The largest absolute Gasteiger partial charge is 0.467 e. The summed E-state index contributed by atoms with van der Waals surface area (Å²) >= 11 is 1.63. The van der Waals surface area contributed by atoms with Crippen LogP contribution >= 0.6 is 11.3 Å². The molecule has 1 aliphatic rings. The van der Waals surface area contributed by atoms with Gasteiger partial charge < -0.3 is 14.7 Å². The van der Waals surface area contributed by atoms with Crippen LogP contribution in [0.5, 0.6) is 0 Å². The number of aromatic amines is 1. The molecule has 0 aliphatic heterocycles. The monoisotopic (exact) mass is 371 g/mol. The van der Waals surface area contributed by atoms with Gasteiger partial charge in [-0.25, -0.2) is 4.98 Å². The molecule has 1 atom stereocenters. The average molecular weight is 371 g/mol. The van der Waals surface area contributed by atoms with Gasteiger partial charge >= 0.3 is 0 Å². The van der Waals surface area contributed by atoms with Crippen LogP contribution in [0, 0.1) is 0 Å². The van der Waals surface area contributed by atoms with Crippen LogP contribution < -0.4 is 10.9 Å². The maximum absolute atomic E-state index is 12.5. The Kier molecular flexibility index (Phi) is 4.63. The fourth-order valence-electron chi connectivity index (χ4n) is 3.48. The van der Waals surface area contributed by atoms with Crippen LogP contribution in [0.25, 0.3) is 10.2 Å². The third-order valence-electron chi connectivity index (χ3n) is 4.81. The minimum Gasteiger partial charge on any atom is -0.467 e. The second kappa shape index (κ2) is 7.07. The normalized spacial score (nSPS) is 15.0. The van der Waals surface area contributed by atoms with E-state index in [0.29, 0.717) is 12.2 Å². The summed E-state index contributed by atoms with van der Waals surface area (Å²) in [7, 11) is 0. The molecule has 0 fully saturated rings. The van der Waals surface area contributed by atoms with Gasteiger partial charge in [-0.05, 0) is 50.3 Å². The molecule has 0 radical (unpaired) electrons. The molecule has 0 saturated carbocycles. The number of aryl methyl sites for hydroxylation is 3. The van der Waals surface area contributed by atoms with Gasteiger partial charge in [-0.2, -0.15) is 0 Å². The summed E-state index contributed by atoms with van der Waals surface area (Å²) in [5.41, 5.74) is 1.11. The molecule has 4 rings (SSSR count). The van der Waals surface area contributed by atoms with Crippen molar-refractivity contribution >= 4 is 27.5 Å². The highest BCUT2D eigenvalue weighted by atomic mass is 32.1. The summed E-state index contributed by atoms with van der Waals surface area (Å²) in [5, 5.41) is 3.65. The van der Waals surface area contributed by atoms with Crippen LogP contribution in [0.3, 0.4) is 0 Å². The summed E-state index contributed by atoms with van der Waals surface area (Å²) in [6.45, 7) is 1.87. The number of nitrogens with one attached hydrogen (secondary N) is 2. The van der Waals surface area contributed by atoms with E-state index in [1.165, 1.54) is 16.9 Å². The van der Waals surface area contributed by atoms with Crippen molar-refractivity contribution in [2.75, 3.05) is 0 Å². The molecule has 136 valence electrons. The van der Waals surface area contributed by atoms with Gasteiger partial charge in [0, 0.05) is 17.7 Å². The minimum atomic E-state index is -0.184. The van der Waals surface area contributed by atoms with Crippen LogP contribution in [-0.2, 0) is 24.1 Å². The first-order valence-corrected chi connectivity index (χ1v) is 9.79. The molecular formula is C19H21N3O3S. The number of aromatic nitrogens is 2. The van der Waals surface area contributed by atoms with Crippen molar-refractivity contribution in [3.05, 3.63) is 50.8 Å². The average Bonchev–Trinajstić information content (AvgIpc) is 3.27. The SMILES string of the molecule is C[C@@H](NC(=O)CCc1nc2sc3c(c2c(=O)[nH]1)CCCC3)c1ccco1. The Morgan fingerprint density at radius 3 is 3.08 bits per heavy atom. The molecule has 0 aromatic carbocycles. The molecular weight excluding hydrogens is 350 g/mol. The Hall–Kier alpha value is -2.41. The van der Waals surface area contributed by atoms with Crippen molar-refractivity contribution in [2.45, 2.75) is 51.5 Å². The molecule has 0 unspecified atom stereocenters. The predicted molar refractivity (Wildman–Crippen MR) is 100 cm³/mol. The van der Waals surface area contributed by atoms with Crippen molar-refractivity contribution in [2.24, 2.45) is 0 Å². The summed E-state index contributed by atoms with van der Waals surface area (Å²) in [5.74, 6) is 1.19. The van der Waals surface area contributed by atoms with Gasteiger partial charge in [0.2, 0.25) is 5.91 Å². The summed E-state index contributed by atoms with van der Waals surface area (Å²) in [4.78, 5) is 34.2. The molecule has 7 heteroatoms. The summed E-state index contributed by atoms with van der Waals surface area (Å²) in [6.07, 6.45) is 6.58. The number of hydrogen-bond donors (Lipinski definition) is 2. The second-order valence-corrected chi connectivity index (χ2v) is 7.79. The third kappa shape index (κ3) is 3.31. The number of H-pyrrole nitrogens is 1. The van der Waals surface area contributed by atoms with Crippen molar-refractivity contribution in [3.63, 3.8) is 0 Å². The fourth-order valence-corrected chi connectivity index (χ4v) is 4.76. The van der Waals surface area contributed by atoms with E-state index in [-0.39, 0.29) is 23.9 Å². The highest BCUT2D eigenvalue weighted by Gasteiger charge is 2.20. The lowest BCUT2D eigenvalue weighted by Gasteiger charge is -2.11. The van der Waals surface area contributed by atoms with Gasteiger partial charge in [0.1, 0.15) is 16.4 Å². The van der Waals surface area contributed by atoms with Gasteiger partial charge in [0.15, 0.2) is 0 Å². The van der Waals surface area contributed by atoms with Crippen molar-refractivity contribution in [1.29, 1.82) is 0 Å². The van der Waals surface area contributed by atoms with E-state index >= 15 is 0 Å². The number of thiophene rings is 1. The number of carbonyl (C=O) groups excluding carboxylic acids is 1. The van der Waals surface area contributed by atoms with Crippen molar-refractivity contribution in [1.82, 2.24) is 15.3 Å².